The van der Waals surface area contributed by atoms with E-state index in [9.17, 15) is 19.7 Å². The monoisotopic (exact) mass is 434 g/mol. The number of carbonyl (C=O) groups excluding carboxylic acids is 2. The van der Waals surface area contributed by atoms with Gasteiger partial charge in [0, 0.05) is 39.2 Å². The zero-order chi connectivity index (χ0) is 23.1. The minimum absolute atomic E-state index is 0.126. The van der Waals surface area contributed by atoms with Gasteiger partial charge in [0.1, 0.15) is 6.61 Å². The molecule has 10 heteroatoms. The first kappa shape index (κ1) is 24.0. The Kier molecular flexibility index (Phi) is 8.29. The van der Waals surface area contributed by atoms with Crippen LogP contribution in [0.15, 0.2) is 47.3 Å². The van der Waals surface area contributed by atoms with E-state index in [-0.39, 0.29) is 23.6 Å². The number of nitrogens with zero attached hydrogens (tertiary/aromatic N) is 1. The van der Waals surface area contributed by atoms with Gasteiger partial charge in [-0.1, -0.05) is 12.1 Å². The van der Waals surface area contributed by atoms with Crippen molar-refractivity contribution in [3.8, 4) is 0 Å². The van der Waals surface area contributed by atoms with E-state index < -0.39 is 35.2 Å². The van der Waals surface area contributed by atoms with Crippen molar-refractivity contribution in [2.24, 2.45) is 0 Å². The van der Waals surface area contributed by atoms with Gasteiger partial charge in [0.05, 0.1) is 28.0 Å². The molecule has 168 valence electrons. The Morgan fingerprint density at radius 2 is 1.90 bits per heavy atom. The third kappa shape index (κ3) is 6.12. The van der Waals surface area contributed by atoms with Crippen LogP contribution in [0.2, 0.25) is 0 Å². The molecule has 0 radical (unpaired) electrons. The van der Waals surface area contributed by atoms with Crippen LogP contribution in [-0.4, -0.2) is 50.1 Å². The van der Waals surface area contributed by atoms with Gasteiger partial charge in [0.2, 0.25) is 0 Å². The lowest BCUT2D eigenvalue weighted by Crippen LogP contribution is -2.36. The summed E-state index contributed by atoms with van der Waals surface area (Å²) in [6.45, 7) is 4.42. The van der Waals surface area contributed by atoms with E-state index in [1.54, 1.807) is 26.0 Å². The van der Waals surface area contributed by atoms with Gasteiger partial charge in [-0.25, -0.2) is 4.79 Å². The number of hydrogen-bond acceptors (Lipinski definition) is 9. The molecule has 0 fully saturated rings. The molecule has 1 aliphatic heterocycles. The smallest absolute Gasteiger partial charge is 0.337 e. The summed E-state index contributed by atoms with van der Waals surface area (Å²) in [5.41, 5.74) is 1.25. The van der Waals surface area contributed by atoms with Crippen LogP contribution in [0, 0.1) is 10.1 Å². The minimum atomic E-state index is -0.809. The van der Waals surface area contributed by atoms with Gasteiger partial charge in [-0.05, 0) is 25.5 Å². The third-order valence-electron chi connectivity index (χ3n) is 4.38. The van der Waals surface area contributed by atoms with Crippen molar-refractivity contribution in [1.29, 1.82) is 0 Å². The number of carbonyl (C=O) groups is 2. The molecular formula is C21H26N2O8. The summed E-state index contributed by atoms with van der Waals surface area (Å²) in [5.74, 6) is -1.91. The number of methoxy groups -OCH3 is 2. The number of dihydropyridines is 1. The Labute approximate surface area is 180 Å². The lowest BCUT2D eigenvalue weighted by molar-refractivity contribution is -0.384. The number of ether oxygens (including phenoxy) is 4. The molecule has 1 atom stereocenters. The molecule has 10 nitrogen and oxygen atoms in total. The fourth-order valence-electron chi connectivity index (χ4n) is 3.13. The molecular weight excluding hydrogens is 408 g/mol. The average Bonchev–Trinajstić information content (AvgIpc) is 2.72. The Morgan fingerprint density at radius 3 is 2.45 bits per heavy atom. The Morgan fingerprint density at radius 1 is 1.23 bits per heavy atom. The second-order valence-corrected chi connectivity index (χ2v) is 7.01. The first-order valence-corrected chi connectivity index (χ1v) is 9.54. The highest BCUT2D eigenvalue weighted by Gasteiger charge is 2.34. The number of nitro benzene ring substituents is 1. The van der Waals surface area contributed by atoms with Gasteiger partial charge in [-0.3, -0.25) is 14.9 Å². The zero-order valence-electron chi connectivity index (χ0n) is 18.0. The molecule has 0 amide bonds. The molecule has 0 saturated carbocycles. The number of non-ortho nitro benzene ring substituents is 1. The molecule has 1 unspecified atom stereocenters. The maximum atomic E-state index is 13.0. The van der Waals surface area contributed by atoms with Gasteiger partial charge < -0.3 is 24.3 Å². The minimum Gasteiger partial charge on any atom is -0.460 e. The van der Waals surface area contributed by atoms with Crippen molar-refractivity contribution in [3.63, 3.8) is 0 Å². The van der Waals surface area contributed by atoms with E-state index in [0.717, 1.165) is 0 Å². The van der Waals surface area contributed by atoms with E-state index in [1.165, 1.54) is 39.3 Å². The van der Waals surface area contributed by atoms with Crippen LogP contribution in [0.3, 0.4) is 0 Å². The summed E-state index contributed by atoms with van der Waals surface area (Å²) in [4.78, 5) is 35.2. The van der Waals surface area contributed by atoms with E-state index in [1.807, 2.05) is 0 Å². The number of nitrogens with one attached hydrogen (secondary N) is 1. The van der Waals surface area contributed by atoms with Crippen LogP contribution >= 0.6 is 0 Å². The number of esters is 2. The summed E-state index contributed by atoms with van der Waals surface area (Å²) in [6, 6.07) is 5.94. The molecule has 0 bridgehead atoms. The highest BCUT2D eigenvalue weighted by molar-refractivity contribution is 5.92. The summed E-state index contributed by atoms with van der Waals surface area (Å²) in [7, 11) is 2.88. The molecule has 2 rings (SSSR count). The highest BCUT2D eigenvalue weighted by Crippen LogP contribution is 2.35. The predicted octanol–water partition coefficient (Wildman–Crippen LogP) is 2.55. The van der Waals surface area contributed by atoms with Crippen LogP contribution in [-0.2, 0) is 28.5 Å². The topological polar surface area (TPSA) is 126 Å². The number of hydrogen-bond donors (Lipinski definition) is 1. The Hall–Kier alpha value is -3.24. The fourth-order valence-corrected chi connectivity index (χ4v) is 3.13. The van der Waals surface area contributed by atoms with Gasteiger partial charge in [0.25, 0.3) is 5.69 Å². The second kappa shape index (κ2) is 10.7. The largest absolute Gasteiger partial charge is 0.460 e. The lowest BCUT2D eigenvalue weighted by Gasteiger charge is -2.31. The highest BCUT2D eigenvalue weighted by atomic mass is 16.7. The van der Waals surface area contributed by atoms with E-state index in [0.29, 0.717) is 11.3 Å². The molecule has 1 aromatic rings. The van der Waals surface area contributed by atoms with E-state index in [2.05, 4.69) is 5.32 Å². The predicted molar refractivity (Wildman–Crippen MR) is 110 cm³/mol. The number of rotatable bonds is 9. The number of benzene rings is 1. The van der Waals surface area contributed by atoms with Crippen molar-refractivity contribution in [3.05, 3.63) is 63.0 Å². The average molecular weight is 434 g/mol. The van der Waals surface area contributed by atoms with Crippen molar-refractivity contribution in [2.45, 2.75) is 39.1 Å². The molecule has 1 N–H and O–H groups in total. The van der Waals surface area contributed by atoms with Crippen LogP contribution < -0.4 is 5.32 Å². The Balaban J connectivity index is 2.66. The maximum absolute atomic E-state index is 13.0. The zero-order valence-corrected chi connectivity index (χ0v) is 18.0. The third-order valence-corrected chi connectivity index (χ3v) is 4.38. The van der Waals surface area contributed by atoms with Gasteiger partial charge in [-0.15, -0.1) is 0 Å². The van der Waals surface area contributed by atoms with Crippen molar-refractivity contribution >= 4 is 17.6 Å². The summed E-state index contributed by atoms with van der Waals surface area (Å²) in [5, 5.41) is 14.3. The normalized spacial score (nSPS) is 16.1. The quantitative estimate of drug-likeness (QED) is 0.270. The molecule has 0 spiro atoms. The van der Waals surface area contributed by atoms with E-state index >= 15 is 0 Å². The van der Waals surface area contributed by atoms with Crippen LogP contribution in [0.1, 0.15) is 32.3 Å². The number of nitro groups is 1. The molecule has 1 aromatic carbocycles. The van der Waals surface area contributed by atoms with E-state index in [4.69, 9.17) is 18.9 Å². The molecule has 1 heterocycles. The van der Waals surface area contributed by atoms with Crippen LogP contribution in [0.4, 0.5) is 5.69 Å². The van der Waals surface area contributed by atoms with Crippen LogP contribution in [0.5, 0.6) is 0 Å². The lowest BCUT2D eigenvalue weighted by atomic mass is 9.86. The first-order chi connectivity index (χ1) is 14.7. The van der Waals surface area contributed by atoms with Crippen molar-refractivity contribution < 1.29 is 33.5 Å². The number of allylic oxidation sites excluding steroid dienone is 1. The molecule has 1 aliphatic rings. The molecule has 0 aromatic heterocycles. The van der Waals surface area contributed by atoms with Gasteiger partial charge in [-0.2, -0.15) is 0 Å². The fraction of sp³-hybridized carbons (Fsp3) is 0.429. The Bertz CT molecular complexity index is 902. The maximum Gasteiger partial charge on any atom is 0.337 e. The standard InChI is InChI=1S/C21H26N2O8/c1-12(2)31-20(25)19-16(14-7-6-8-15(9-14)23(26)27)10-17(21(28-4)29-5)22-18(19)11-30-13(3)24/h6-10,12,16,21-22H,11H2,1-5H3. The first-order valence-electron chi connectivity index (χ1n) is 9.54. The molecule has 0 aliphatic carbocycles. The van der Waals surface area contributed by atoms with Crippen molar-refractivity contribution in [1.82, 2.24) is 5.32 Å². The molecule has 0 saturated heterocycles. The van der Waals surface area contributed by atoms with Crippen LogP contribution in [0.25, 0.3) is 0 Å². The SMILES string of the molecule is COC(OC)C1=CC(c2cccc([N+](=O)[O-])c2)C(C(=O)OC(C)C)=C(COC(C)=O)N1. The van der Waals surface area contributed by atoms with Gasteiger partial charge >= 0.3 is 11.9 Å². The summed E-state index contributed by atoms with van der Waals surface area (Å²) < 4.78 is 21.1. The van der Waals surface area contributed by atoms with Gasteiger partial charge in [0.15, 0.2) is 6.29 Å². The van der Waals surface area contributed by atoms with Crippen molar-refractivity contribution in [2.75, 3.05) is 20.8 Å². The molecule has 31 heavy (non-hydrogen) atoms. The second-order valence-electron chi connectivity index (χ2n) is 7.01. The summed E-state index contributed by atoms with van der Waals surface area (Å²) in [6.07, 6.45) is 0.457. The summed E-state index contributed by atoms with van der Waals surface area (Å²) >= 11 is 0.